The Kier molecular flexibility index (Phi) is 4.23. The van der Waals surface area contributed by atoms with Crippen molar-refractivity contribution < 1.29 is 19.4 Å². The van der Waals surface area contributed by atoms with E-state index in [4.69, 9.17) is 9.47 Å². The van der Waals surface area contributed by atoms with Crippen molar-refractivity contribution in [1.82, 2.24) is 4.90 Å². The van der Waals surface area contributed by atoms with Gasteiger partial charge in [0.15, 0.2) is 0 Å². The number of nitrogens with one attached hydrogen (secondary N) is 1. The molecule has 7 heteroatoms. The highest BCUT2D eigenvalue weighted by Gasteiger charge is 2.47. The van der Waals surface area contributed by atoms with E-state index < -0.39 is 11.7 Å². The molecule has 7 nitrogen and oxygen atoms in total. The van der Waals surface area contributed by atoms with Crippen LogP contribution in [0.5, 0.6) is 5.75 Å². The van der Waals surface area contributed by atoms with Crippen LogP contribution in [-0.2, 0) is 9.47 Å². The van der Waals surface area contributed by atoms with Gasteiger partial charge in [-0.15, -0.1) is 0 Å². The molecular weight excluding hydrogens is 334 g/mol. The first-order valence-electron chi connectivity index (χ1n) is 9.23. The number of rotatable bonds is 3. The SMILES string of the molecule is CC(C)(C)OC(=O)Nc1ccc(N2CC3CC2CN3C2COC2)c(O)c1. The lowest BCUT2D eigenvalue weighted by molar-refractivity contribution is -0.0708. The molecule has 2 atom stereocenters. The second-order valence-electron chi connectivity index (χ2n) is 8.41. The van der Waals surface area contributed by atoms with Crippen LogP contribution >= 0.6 is 0 Å². The van der Waals surface area contributed by atoms with Crippen LogP contribution in [0.1, 0.15) is 27.2 Å². The standard InChI is InChI=1S/C19H27N3O4/c1-19(2,3)26-18(24)20-12-4-5-16(17(23)6-12)22-9-13-7-14(22)8-21(13)15-10-25-11-15/h4-6,13-15,23H,7-11H2,1-3H3,(H,20,24). The largest absolute Gasteiger partial charge is 0.506 e. The number of carbonyl (C=O) groups excluding carboxylic acids is 1. The maximum atomic E-state index is 11.9. The Bertz CT molecular complexity index is 699. The number of benzene rings is 1. The Morgan fingerprint density at radius 1 is 1.23 bits per heavy atom. The van der Waals surface area contributed by atoms with Crippen molar-refractivity contribution in [3.63, 3.8) is 0 Å². The van der Waals surface area contributed by atoms with Crippen LogP contribution in [-0.4, -0.2) is 66.1 Å². The molecule has 4 rings (SSSR count). The Hall–Kier alpha value is -1.99. The van der Waals surface area contributed by atoms with E-state index in [0.29, 0.717) is 23.8 Å². The topological polar surface area (TPSA) is 74.3 Å². The average molecular weight is 361 g/mol. The van der Waals surface area contributed by atoms with Gasteiger partial charge in [-0.2, -0.15) is 0 Å². The maximum absolute atomic E-state index is 11.9. The molecule has 0 aromatic heterocycles. The van der Waals surface area contributed by atoms with Gasteiger partial charge in [-0.3, -0.25) is 10.2 Å². The highest BCUT2D eigenvalue weighted by atomic mass is 16.6. The Labute approximate surface area is 153 Å². The first-order chi connectivity index (χ1) is 12.3. The van der Waals surface area contributed by atoms with E-state index in [9.17, 15) is 9.90 Å². The van der Waals surface area contributed by atoms with Gasteiger partial charge in [0, 0.05) is 36.9 Å². The fraction of sp³-hybridized carbons (Fsp3) is 0.632. The monoisotopic (exact) mass is 361 g/mol. The smallest absolute Gasteiger partial charge is 0.412 e. The number of fused-ring (bicyclic) bond motifs is 2. The normalized spacial score (nSPS) is 26.0. The van der Waals surface area contributed by atoms with Crippen LogP contribution in [0.25, 0.3) is 0 Å². The molecule has 3 aliphatic heterocycles. The number of aromatic hydroxyl groups is 1. The Morgan fingerprint density at radius 2 is 2.00 bits per heavy atom. The molecule has 0 aliphatic carbocycles. The van der Waals surface area contributed by atoms with E-state index in [1.54, 1.807) is 6.07 Å². The van der Waals surface area contributed by atoms with Gasteiger partial charge in [0.25, 0.3) is 0 Å². The van der Waals surface area contributed by atoms with Crippen molar-refractivity contribution >= 4 is 17.5 Å². The number of nitrogens with zero attached hydrogens (tertiary/aromatic N) is 2. The predicted molar refractivity (Wildman–Crippen MR) is 98.8 cm³/mol. The minimum atomic E-state index is -0.557. The molecule has 0 spiro atoms. The molecule has 0 saturated carbocycles. The van der Waals surface area contributed by atoms with Gasteiger partial charge in [0.2, 0.25) is 0 Å². The molecule has 26 heavy (non-hydrogen) atoms. The zero-order chi connectivity index (χ0) is 18.5. The number of phenols is 1. The number of hydrogen-bond acceptors (Lipinski definition) is 6. The fourth-order valence-corrected chi connectivity index (χ4v) is 4.12. The second-order valence-corrected chi connectivity index (χ2v) is 8.41. The van der Waals surface area contributed by atoms with E-state index >= 15 is 0 Å². The van der Waals surface area contributed by atoms with E-state index in [1.165, 1.54) is 0 Å². The summed E-state index contributed by atoms with van der Waals surface area (Å²) in [7, 11) is 0. The molecule has 3 aliphatic rings. The number of ether oxygens (including phenoxy) is 2. The van der Waals surface area contributed by atoms with Crippen molar-refractivity contribution in [1.29, 1.82) is 0 Å². The fourth-order valence-electron chi connectivity index (χ4n) is 4.12. The van der Waals surface area contributed by atoms with Crippen molar-refractivity contribution in [2.75, 3.05) is 36.5 Å². The summed E-state index contributed by atoms with van der Waals surface area (Å²) >= 11 is 0. The molecule has 2 unspecified atom stereocenters. The van der Waals surface area contributed by atoms with Crippen molar-refractivity contribution in [2.24, 2.45) is 0 Å². The van der Waals surface area contributed by atoms with Crippen LogP contribution in [0.4, 0.5) is 16.2 Å². The maximum Gasteiger partial charge on any atom is 0.412 e. The predicted octanol–water partition coefficient (Wildman–Crippen LogP) is 2.40. The Morgan fingerprint density at radius 3 is 2.54 bits per heavy atom. The highest BCUT2D eigenvalue weighted by Crippen LogP contribution is 2.40. The molecule has 1 aromatic rings. The van der Waals surface area contributed by atoms with Gasteiger partial charge in [-0.05, 0) is 39.3 Å². The number of piperazine rings is 1. The van der Waals surface area contributed by atoms with Crippen LogP contribution < -0.4 is 10.2 Å². The molecular formula is C19H27N3O4. The van der Waals surface area contributed by atoms with Crippen LogP contribution in [0.15, 0.2) is 18.2 Å². The lowest BCUT2D eigenvalue weighted by atomic mass is 10.1. The number of phenolic OH excluding ortho intramolecular Hbond substituents is 1. The summed E-state index contributed by atoms with van der Waals surface area (Å²) in [6.45, 7) is 9.08. The average Bonchev–Trinajstić information content (AvgIpc) is 3.03. The summed E-state index contributed by atoms with van der Waals surface area (Å²) < 4.78 is 10.6. The molecule has 142 valence electrons. The van der Waals surface area contributed by atoms with Gasteiger partial charge < -0.3 is 19.5 Å². The Balaban J connectivity index is 1.40. The van der Waals surface area contributed by atoms with Crippen LogP contribution in [0.3, 0.4) is 0 Å². The summed E-state index contributed by atoms with van der Waals surface area (Å²) in [5.74, 6) is 0.185. The minimum absolute atomic E-state index is 0.185. The summed E-state index contributed by atoms with van der Waals surface area (Å²) in [6, 6.07) is 6.80. The van der Waals surface area contributed by atoms with E-state index in [0.717, 1.165) is 38.4 Å². The number of carbonyl (C=O) groups is 1. The molecule has 1 amide bonds. The number of anilines is 2. The molecule has 0 radical (unpaired) electrons. The van der Waals surface area contributed by atoms with E-state index in [1.807, 2.05) is 32.9 Å². The van der Waals surface area contributed by atoms with Gasteiger partial charge >= 0.3 is 6.09 Å². The van der Waals surface area contributed by atoms with Gasteiger partial charge in [-0.1, -0.05) is 0 Å². The van der Waals surface area contributed by atoms with Gasteiger partial charge in [0.05, 0.1) is 24.9 Å². The summed E-state index contributed by atoms with van der Waals surface area (Å²) in [5, 5.41) is 13.2. The first kappa shape index (κ1) is 17.4. The van der Waals surface area contributed by atoms with Crippen molar-refractivity contribution in [3.05, 3.63) is 18.2 Å². The third-order valence-corrected chi connectivity index (χ3v) is 5.30. The molecule has 2 bridgehead atoms. The third-order valence-electron chi connectivity index (χ3n) is 5.30. The number of amides is 1. The zero-order valence-corrected chi connectivity index (χ0v) is 15.6. The van der Waals surface area contributed by atoms with E-state index in [2.05, 4.69) is 15.1 Å². The van der Waals surface area contributed by atoms with Crippen molar-refractivity contribution in [2.45, 2.75) is 50.9 Å². The summed E-state index contributed by atoms with van der Waals surface area (Å²) in [5.41, 5.74) is 0.799. The number of hydrogen-bond donors (Lipinski definition) is 2. The first-order valence-corrected chi connectivity index (χ1v) is 9.23. The number of likely N-dealkylation sites (tertiary alicyclic amines) is 1. The third kappa shape index (κ3) is 3.33. The molecule has 3 fully saturated rings. The van der Waals surface area contributed by atoms with Crippen molar-refractivity contribution in [3.8, 4) is 5.75 Å². The minimum Gasteiger partial charge on any atom is -0.506 e. The van der Waals surface area contributed by atoms with Gasteiger partial charge in [-0.25, -0.2) is 4.79 Å². The second kappa shape index (κ2) is 6.32. The summed E-state index contributed by atoms with van der Waals surface area (Å²) in [4.78, 5) is 16.7. The lowest BCUT2D eigenvalue weighted by Crippen LogP contribution is -2.56. The molecule has 1 aromatic carbocycles. The molecule has 2 N–H and O–H groups in total. The molecule has 3 saturated heterocycles. The zero-order valence-electron chi connectivity index (χ0n) is 15.6. The van der Waals surface area contributed by atoms with E-state index in [-0.39, 0.29) is 5.75 Å². The van der Waals surface area contributed by atoms with Crippen LogP contribution in [0, 0.1) is 0 Å². The molecule has 3 heterocycles. The summed E-state index contributed by atoms with van der Waals surface area (Å²) in [6.07, 6.45) is 0.608. The van der Waals surface area contributed by atoms with Gasteiger partial charge in [0.1, 0.15) is 11.4 Å². The van der Waals surface area contributed by atoms with Crippen LogP contribution in [0.2, 0.25) is 0 Å². The quantitative estimate of drug-likeness (QED) is 0.861. The lowest BCUT2D eigenvalue weighted by Gasteiger charge is -2.43. The highest BCUT2D eigenvalue weighted by molar-refractivity contribution is 5.86.